The Morgan fingerprint density at radius 2 is 1.87 bits per heavy atom. The lowest BCUT2D eigenvalue weighted by Gasteiger charge is -2.16. The van der Waals surface area contributed by atoms with Crippen LogP contribution in [0.1, 0.15) is 35.4 Å². The monoisotopic (exact) mass is 378 g/mol. The predicted molar refractivity (Wildman–Crippen MR) is 91.2 cm³/mol. The Balaban J connectivity index is 1.77. The van der Waals surface area contributed by atoms with Gasteiger partial charge in [0.05, 0.1) is 6.54 Å². The van der Waals surface area contributed by atoms with Crippen molar-refractivity contribution >= 4 is 27.7 Å². The topological polar surface area (TPSA) is 71.3 Å². The van der Waals surface area contributed by atoms with Crippen molar-refractivity contribution in [3.8, 4) is 0 Å². The van der Waals surface area contributed by atoms with Crippen LogP contribution in [0.3, 0.4) is 0 Å². The number of hydrogen-bond acceptors (Lipinski definition) is 3. The van der Waals surface area contributed by atoms with Gasteiger partial charge in [0.25, 0.3) is 5.91 Å². The van der Waals surface area contributed by atoms with Crippen molar-refractivity contribution in [2.75, 3.05) is 13.1 Å². The summed E-state index contributed by atoms with van der Waals surface area (Å²) in [5.41, 5.74) is 1.19. The smallest absolute Gasteiger partial charge is 0.287 e. The number of furan rings is 1. The number of nitrogens with one attached hydrogen (secondary N) is 2. The van der Waals surface area contributed by atoms with Crippen molar-refractivity contribution in [3.05, 3.63) is 58.5 Å². The highest BCUT2D eigenvalue weighted by Crippen LogP contribution is 2.17. The molecule has 0 saturated carbocycles. The number of benzene rings is 1. The maximum Gasteiger partial charge on any atom is 0.287 e. The third-order valence-corrected chi connectivity index (χ3v) is 3.94. The maximum atomic E-state index is 11.9. The summed E-state index contributed by atoms with van der Waals surface area (Å²) in [5, 5.41) is 5.38. The molecule has 2 amide bonds. The summed E-state index contributed by atoms with van der Waals surface area (Å²) in [4.78, 5) is 23.6. The first kappa shape index (κ1) is 17.3. The van der Waals surface area contributed by atoms with Crippen molar-refractivity contribution in [2.45, 2.75) is 19.3 Å². The van der Waals surface area contributed by atoms with Gasteiger partial charge in [-0.3, -0.25) is 9.59 Å². The first-order valence-corrected chi connectivity index (χ1v) is 8.24. The molecule has 5 nitrogen and oxygen atoms in total. The lowest BCUT2D eigenvalue weighted by atomic mass is 9.96. The van der Waals surface area contributed by atoms with Crippen molar-refractivity contribution in [2.24, 2.45) is 0 Å². The highest BCUT2D eigenvalue weighted by molar-refractivity contribution is 9.10. The van der Waals surface area contributed by atoms with E-state index in [9.17, 15) is 9.59 Å². The van der Waals surface area contributed by atoms with Crippen molar-refractivity contribution in [1.82, 2.24) is 10.6 Å². The van der Waals surface area contributed by atoms with Gasteiger partial charge in [-0.25, -0.2) is 0 Å². The Morgan fingerprint density at radius 1 is 1.13 bits per heavy atom. The molecule has 1 aromatic carbocycles. The Morgan fingerprint density at radius 3 is 2.48 bits per heavy atom. The molecule has 0 radical (unpaired) electrons. The van der Waals surface area contributed by atoms with Crippen LogP contribution in [0.4, 0.5) is 0 Å². The molecule has 0 aliphatic rings. The van der Waals surface area contributed by atoms with Crippen LogP contribution in [0.5, 0.6) is 0 Å². The van der Waals surface area contributed by atoms with Gasteiger partial charge in [-0.05, 0) is 40.0 Å². The van der Waals surface area contributed by atoms with E-state index in [2.05, 4.69) is 45.6 Å². The minimum atomic E-state index is -0.416. The average Bonchev–Trinajstić information content (AvgIpc) is 3.01. The SMILES string of the molecule is CCC(CNC(=O)CNC(=O)c1ccc(Br)o1)c1ccccc1. The third-order valence-electron chi connectivity index (χ3n) is 3.52. The van der Waals surface area contributed by atoms with Crippen molar-refractivity contribution in [3.63, 3.8) is 0 Å². The van der Waals surface area contributed by atoms with E-state index in [4.69, 9.17) is 4.42 Å². The summed E-state index contributed by atoms with van der Waals surface area (Å²) in [5.74, 6) is -0.212. The molecule has 6 heteroatoms. The Hall–Kier alpha value is -2.08. The molecule has 1 unspecified atom stereocenters. The van der Waals surface area contributed by atoms with Gasteiger partial charge in [-0.15, -0.1) is 0 Å². The average molecular weight is 379 g/mol. The zero-order valence-corrected chi connectivity index (χ0v) is 14.4. The van der Waals surface area contributed by atoms with Gasteiger partial charge in [0.15, 0.2) is 10.4 Å². The third kappa shape index (κ3) is 5.25. The lowest BCUT2D eigenvalue weighted by Crippen LogP contribution is -2.38. The molecule has 0 saturated heterocycles. The van der Waals surface area contributed by atoms with Crippen LogP contribution in [-0.4, -0.2) is 24.9 Å². The van der Waals surface area contributed by atoms with Gasteiger partial charge in [0, 0.05) is 12.5 Å². The number of carbonyl (C=O) groups excluding carboxylic acids is 2. The summed E-state index contributed by atoms with van der Waals surface area (Å²) < 4.78 is 5.60. The zero-order valence-electron chi connectivity index (χ0n) is 12.8. The van der Waals surface area contributed by atoms with Gasteiger partial charge >= 0.3 is 0 Å². The molecule has 2 rings (SSSR count). The second kappa shape index (κ2) is 8.53. The summed E-state index contributed by atoms with van der Waals surface area (Å²) >= 11 is 3.13. The zero-order chi connectivity index (χ0) is 16.7. The minimum absolute atomic E-state index is 0.0810. The molecule has 0 bridgehead atoms. The number of rotatable bonds is 7. The fraction of sp³-hybridized carbons (Fsp3) is 0.294. The molecule has 23 heavy (non-hydrogen) atoms. The Kier molecular flexibility index (Phi) is 6.40. The second-order valence-electron chi connectivity index (χ2n) is 5.11. The molecule has 2 aromatic rings. The molecule has 1 heterocycles. The van der Waals surface area contributed by atoms with Crippen molar-refractivity contribution < 1.29 is 14.0 Å². The molecule has 0 spiro atoms. The van der Waals surface area contributed by atoms with Crippen molar-refractivity contribution in [1.29, 1.82) is 0 Å². The van der Waals surface area contributed by atoms with Crippen LogP contribution in [0.2, 0.25) is 0 Å². The van der Waals surface area contributed by atoms with Crippen LogP contribution >= 0.6 is 15.9 Å². The summed E-state index contributed by atoms with van der Waals surface area (Å²) in [7, 11) is 0. The Labute approximate surface area is 143 Å². The highest BCUT2D eigenvalue weighted by Gasteiger charge is 2.13. The molecule has 1 atom stereocenters. The van der Waals surface area contributed by atoms with Crippen LogP contribution in [0, 0.1) is 0 Å². The van der Waals surface area contributed by atoms with Crippen LogP contribution < -0.4 is 10.6 Å². The molecule has 0 fully saturated rings. The molecular formula is C17H19BrN2O3. The molecule has 0 aliphatic carbocycles. The van der Waals surface area contributed by atoms with E-state index in [1.807, 2.05) is 18.2 Å². The van der Waals surface area contributed by atoms with E-state index >= 15 is 0 Å². The number of halogens is 1. The minimum Gasteiger partial charge on any atom is -0.444 e. The quantitative estimate of drug-likeness (QED) is 0.777. The largest absolute Gasteiger partial charge is 0.444 e. The van der Waals surface area contributed by atoms with Crippen LogP contribution in [0.15, 0.2) is 51.6 Å². The van der Waals surface area contributed by atoms with Crippen LogP contribution in [-0.2, 0) is 4.79 Å². The predicted octanol–water partition coefficient (Wildman–Crippen LogP) is 3.08. The fourth-order valence-corrected chi connectivity index (χ4v) is 2.51. The van der Waals surface area contributed by atoms with Gasteiger partial charge < -0.3 is 15.1 Å². The van der Waals surface area contributed by atoms with Gasteiger partial charge in [-0.2, -0.15) is 0 Å². The van der Waals surface area contributed by atoms with E-state index in [0.29, 0.717) is 11.2 Å². The molecule has 122 valence electrons. The molecule has 0 aliphatic heterocycles. The number of carbonyl (C=O) groups is 2. The Bertz CT molecular complexity index is 655. The summed E-state index contributed by atoms with van der Waals surface area (Å²) in [6, 6.07) is 13.2. The lowest BCUT2D eigenvalue weighted by molar-refractivity contribution is -0.120. The molecule has 2 N–H and O–H groups in total. The first-order chi connectivity index (χ1) is 11.1. The molecular weight excluding hydrogens is 360 g/mol. The highest BCUT2D eigenvalue weighted by atomic mass is 79.9. The molecule has 1 aromatic heterocycles. The normalized spacial score (nSPS) is 11.7. The van der Waals surface area contributed by atoms with Gasteiger partial charge in [0.1, 0.15) is 0 Å². The summed E-state index contributed by atoms with van der Waals surface area (Å²) in [6.45, 7) is 2.55. The van der Waals surface area contributed by atoms with E-state index in [1.165, 1.54) is 5.56 Å². The number of amides is 2. The van der Waals surface area contributed by atoms with E-state index in [0.717, 1.165) is 6.42 Å². The van der Waals surface area contributed by atoms with E-state index in [1.54, 1.807) is 12.1 Å². The standard InChI is InChI=1S/C17H19BrN2O3/c1-2-12(13-6-4-3-5-7-13)10-19-16(21)11-20-17(22)14-8-9-15(18)23-14/h3-9,12H,2,10-11H2,1H3,(H,19,21)(H,20,22). The van der Waals surface area contributed by atoms with Gasteiger partial charge in [-0.1, -0.05) is 37.3 Å². The summed E-state index contributed by atoms with van der Waals surface area (Å²) in [6.07, 6.45) is 0.928. The maximum absolute atomic E-state index is 11.9. The van der Waals surface area contributed by atoms with Crippen LogP contribution in [0.25, 0.3) is 0 Å². The number of hydrogen-bond donors (Lipinski definition) is 2. The van der Waals surface area contributed by atoms with E-state index < -0.39 is 5.91 Å². The van der Waals surface area contributed by atoms with E-state index in [-0.39, 0.29) is 24.1 Å². The fourth-order valence-electron chi connectivity index (χ4n) is 2.21. The first-order valence-electron chi connectivity index (χ1n) is 7.45. The van der Waals surface area contributed by atoms with Gasteiger partial charge in [0.2, 0.25) is 5.91 Å². The second-order valence-corrected chi connectivity index (χ2v) is 5.89.